The number of amides is 1. The maximum Gasteiger partial charge on any atom is 0.258 e. The highest BCUT2D eigenvalue weighted by atomic mass is 19.1. The van der Waals surface area contributed by atoms with Crippen LogP contribution in [-0.4, -0.2) is 20.7 Å². The van der Waals surface area contributed by atoms with Gasteiger partial charge in [-0.3, -0.25) is 10.1 Å². The molecule has 2 N–H and O–H groups in total. The summed E-state index contributed by atoms with van der Waals surface area (Å²) < 4.78 is 14.9. The van der Waals surface area contributed by atoms with Crippen molar-refractivity contribution < 1.29 is 9.18 Å². The molecule has 0 aliphatic carbocycles. The zero-order valence-corrected chi connectivity index (χ0v) is 17.3. The molecule has 1 aliphatic rings. The standard InChI is InChI=1S/C25H20FN5O/c1-16-7-9-17(10-8-16)21-15-22(18-5-3-2-4-6-18)31-25(27-21)29-24(30-31)28-23(32)19-11-13-20(26)14-12-19/h2-15,22H,1H3,(H2,27,28,29,30,32). The highest BCUT2D eigenvalue weighted by Crippen LogP contribution is 2.33. The molecule has 1 atom stereocenters. The van der Waals surface area contributed by atoms with Crippen molar-refractivity contribution >= 4 is 23.5 Å². The van der Waals surface area contributed by atoms with E-state index in [0.29, 0.717) is 11.5 Å². The lowest BCUT2D eigenvalue weighted by Crippen LogP contribution is -2.20. The summed E-state index contributed by atoms with van der Waals surface area (Å²) in [5.74, 6) is -0.120. The van der Waals surface area contributed by atoms with Gasteiger partial charge in [0.15, 0.2) is 0 Å². The predicted molar refractivity (Wildman–Crippen MR) is 122 cm³/mol. The van der Waals surface area contributed by atoms with E-state index in [9.17, 15) is 9.18 Å². The zero-order chi connectivity index (χ0) is 22.1. The smallest absolute Gasteiger partial charge is 0.258 e. The Balaban J connectivity index is 1.49. The monoisotopic (exact) mass is 425 g/mol. The van der Waals surface area contributed by atoms with Gasteiger partial charge >= 0.3 is 0 Å². The summed E-state index contributed by atoms with van der Waals surface area (Å²) in [6, 6.07) is 23.3. The molecular weight excluding hydrogens is 405 g/mol. The molecule has 3 aromatic carbocycles. The van der Waals surface area contributed by atoms with Gasteiger partial charge in [0.25, 0.3) is 11.9 Å². The largest absolute Gasteiger partial charge is 0.324 e. The van der Waals surface area contributed by atoms with Gasteiger partial charge in [-0.05, 0) is 48.4 Å². The number of fused-ring (bicyclic) bond motifs is 1. The van der Waals surface area contributed by atoms with Gasteiger partial charge in [0.2, 0.25) is 5.95 Å². The third-order valence-electron chi connectivity index (χ3n) is 5.30. The van der Waals surface area contributed by atoms with Crippen LogP contribution in [-0.2, 0) is 0 Å². The molecule has 2 heterocycles. The first-order valence-corrected chi connectivity index (χ1v) is 10.2. The fourth-order valence-electron chi connectivity index (χ4n) is 3.61. The topological polar surface area (TPSA) is 71.8 Å². The number of anilines is 2. The molecule has 7 heteroatoms. The van der Waals surface area contributed by atoms with Gasteiger partial charge in [0.1, 0.15) is 11.9 Å². The number of nitrogens with zero attached hydrogens (tertiary/aromatic N) is 3. The van der Waals surface area contributed by atoms with Crippen LogP contribution in [0.2, 0.25) is 0 Å². The summed E-state index contributed by atoms with van der Waals surface area (Å²) in [5, 5.41) is 10.6. The van der Waals surface area contributed by atoms with Crippen LogP contribution in [0.3, 0.4) is 0 Å². The van der Waals surface area contributed by atoms with Gasteiger partial charge in [0.05, 0.1) is 0 Å². The van der Waals surface area contributed by atoms with E-state index >= 15 is 0 Å². The number of hydrogen-bond acceptors (Lipinski definition) is 4. The first-order valence-electron chi connectivity index (χ1n) is 10.2. The number of aryl methyl sites for hydroxylation is 1. The Morgan fingerprint density at radius 1 is 1.00 bits per heavy atom. The van der Waals surface area contributed by atoms with E-state index in [2.05, 4.69) is 51.1 Å². The van der Waals surface area contributed by atoms with Crippen molar-refractivity contribution in [1.82, 2.24) is 14.8 Å². The van der Waals surface area contributed by atoms with Crippen molar-refractivity contribution in [3.8, 4) is 0 Å². The predicted octanol–water partition coefficient (Wildman–Crippen LogP) is 5.03. The molecule has 0 spiro atoms. The number of nitrogens with one attached hydrogen (secondary N) is 2. The Bertz CT molecular complexity index is 1290. The lowest BCUT2D eigenvalue weighted by Gasteiger charge is -2.24. The van der Waals surface area contributed by atoms with Crippen molar-refractivity contribution in [3.63, 3.8) is 0 Å². The third kappa shape index (κ3) is 3.88. The molecule has 0 radical (unpaired) electrons. The third-order valence-corrected chi connectivity index (χ3v) is 5.30. The number of benzene rings is 3. The molecule has 0 fully saturated rings. The molecule has 158 valence electrons. The Labute approximate surface area is 184 Å². The van der Waals surface area contributed by atoms with Gasteiger partial charge < -0.3 is 5.32 Å². The number of halogens is 1. The first-order chi connectivity index (χ1) is 15.6. The maximum absolute atomic E-state index is 13.2. The number of aromatic nitrogens is 3. The van der Waals surface area contributed by atoms with E-state index in [0.717, 1.165) is 16.8 Å². The molecule has 0 saturated carbocycles. The summed E-state index contributed by atoms with van der Waals surface area (Å²) >= 11 is 0. The van der Waals surface area contributed by atoms with E-state index in [-0.39, 0.29) is 12.0 Å². The molecule has 1 amide bonds. The van der Waals surface area contributed by atoms with E-state index in [1.54, 1.807) is 4.68 Å². The number of hydrogen-bond donors (Lipinski definition) is 2. The Morgan fingerprint density at radius 3 is 2.44 bits per heavy atom. The first kappa shape index (κ1) is 19.7. The highest BCUT2D eigenvalue weighted by molar-refractivity contribution is 6.03. The molecule has 0 saturated heterocycles. The molecule has 1 unspecified atom stereocenters. The molecule has 4 aromatic rings. The van der Waals surface area contributed by atoms with E-state index in [1.807, 2.05) is 37.3 Å². The second kappa shape index (κ2) is 8.11. The lowest BCUT2D eigenvalue weighted by atomic mass is 10.0. The number of carbonyl (C=O) groups is 1. The van der Waals surface area contributed by atoms with Crippen LogP contribution in [0.25, 0.3) is 5.70 Å². The highest BCUT2D eigenvalue weighted by Gasteiger charge is 2.25. The number of carbonyl (C=O) groups excluding carboxylic acids is 1. The summed E-state index contributed by atoms with van der Waals surface area (Å²) in [5.41, 5.74) is 4.49. The second-order valence-electron chi connectivity index (χ2n) is 7.59. The van der Waals surface area contributed by atoms with Crippen LogP contribution in [0, 0.1) is 12.7 Å². The minimum absolute atomic E-state index is 0.168. The van der Waals surface area contributed by atoms with Crippen molar-refractivity contribution in [1.29, 1.82) is 0 Å². The fourth-order valence-corrected chi connectivity index (χ4v) is 3.61. The summed E-state index contributed by atoms with van der Waals surface area (Å²) in [6.45, 7) is 2.05. The average Bonchev–Trinajstić information content (AvgIpc) is 3.22. The number of allylic oxidation sites excluding steroid dienone is 1. The number of rotatable bonds is 4. The Morgan fingerprint density at radius 2 is 1.72 bits per heavy atom. The van der Waals surface area contributed by atoms with E-state index in [4.69, 9.17) is 0 Å². The van der Waals surface area contributed by atoms with Crippen LogP contribution in [0.1, 0.15) is 33.1 Å². The fraction of sp³-hybridized carbons (Fsp3) is 0.0800. The van der Waals surface area contributed by atoms with Crippen LogP contribution in [0.5, 0.6) is 0 Å². The Kier molecular flexibility index (Phi) is 4.99. The van der Waals surface area contributed by atoms with Crippen LogP contribution in [0.15, 0.2) is 84.9 Å². The molecule has 1 aliphatic heterocycles. The van der Waals surface area contributed by atoms with E-state index in [1.165, 1.54) is 29.8 Å². The second-order valence-corrected chi connectivity index (χ2v) is 7.59. The van der Waals surface area contributed by atoms with Crippen molar-refractivity contribution in [2.45, 2.75) is 13.0 Å². The molecular formula is C25H20FN5O. The minimum atomic E-state index is -0.407. The maximum atomic E-state index is 13.2. The van der Waals surface area contributed by atoms with Gasteiger partial charge in [-0.2, -0.15) is 4.98 Å². The van der Waals surface area contributed by atoms with Crippen LogP contribution in [0.4, 0.5) is 16.3 Å². The minimum Gasteiger partial charge on any atom is -0.324 e. The lowest BCUT2D eigenvalue weighted by molar-refractivity contribution is 0.102. The molecule has 6 nitrogen and oxygen atoms in total. The van der Waals surface area contributed by atoms with Gasteiger partial charge in [-0.25, -0.2) is 9.07 Å². The molecule has 5 rings (SSSR count). The quantitative estimate of drug-likeness (QED) is 0.481. The Hall–Kier alpha value is -4.26. The van der Waals surface area contributed by atoms with Crippen molar-refractivity contribution in [2.75, 3.05) is 10.6 Å². The van der Waals surface area contributed by atoms with E-state index < -0.39 is 11.7 Å². The van der Waals surface area contributed by atoms with Crippen LogP contribution < -0.4 is 10.6 Å². The van der Waals surface area contributed by atoms with Gasteiger partial charge in [-0.1, -0.05) is 60.2 Å². The normalized spacial score (nSPS) is 14.8. The van der Waals surface area contributed by atoms with Crippen molar-refractivity contribution in [3.05, 3.63) is 113 Å². The summed E-state index contributed by atoms with van der Waals surface area (Å²) in [7, 11) is 0. The van der Waals surface area contributed by atoms with Crippen LogP contribution >= 0.6 is 0 Å². The average molecular weight is 425 g/mol. The SMILES string of the molecule is Cc1ccc(C2=CC(c3ccccc3)n3nc(NC(=O)c4ccc(F)cc4)nc3N2)cc1. The van der Waals surface area contributed by atoms with Crippen molar-refractivity contribution in [2.24, 2.45) is 0 Å². The summed E-state index contributed by atoms with van der Waals surface area (Å²) in [4.78, 5) is 17.0. The molecule has 32 heavy (non-hydrogen) atoms. The van der Waals surface area contributed by atoms with Gasteiger partial charge in [0, 0.05) is 11.3 Å². The summed E-state index contributed by atoms with van der Waals surface area (Å²) in [6.07, 6.45) is 2.09. The zero-order valence-electron chi connectivity index (χ0n) is 17.3. The molecule has 0 bridgehead atoms. The van der Waals surface area contributed by atoms with Gasteiger partial charge in [-0.15, -0.1) is 5.10 Å². The molecule has 1 aromatic heterocycles.